The van der Waals surface area contributed by atoms with Crippen molar-refractivity contribution < 1.29 is 9.47 Å². The van der Waals surface area contributed by atoms with Gasteiger partial charge in [0.2, 0.25) is 0 Å². The minimum Gasteiger partial charge on any atom is -0.488 e. The summed E-state index contributed by atoms with van der Waals surface area (Å²) in [7, 11) is 0. The fourth-order valence-electron chi connectivity index (χ4n) is 2.92. The number of morpholine rings is 1. The third-order valence-corrected chi connectivity index (χ3v) is 4.03. The van der Waals surface area contributed by atoms with Crippen molar-refractivity contribution in [1.82, 2.24) is 5.32 Å². The van der Waals surface area contributed by atoms with Crippen LogP contribution in [0.15, 0.2) is 42.5 Å². The van der Waals surface area contributed by atoms with E-state index in [4.69, 9.17) is 9.47 Å². The number of nitrogens with one attached hydrogen (secondary N) is 1. The van der Waals surface area contributed by atoms with Gasteiger partial charge in [0.05, 0.1) is 19.3 Å². The van der Waals surface area contributed by atoms with Crippen LogP contribution in [-0.2, 0) is 11.3 Å². The summed E-state index contributed by atoms with van der Waals surface area (Å²) >= 11 is 0. The van der Waals surface area contributed by atoms with Crippen LogP contribution >= 0.6 is 12.4 Å². The second kappa shape index (κ2) is 8.34. The first-order chi connectivity index (χ1) is 10.7. The van der Waals surface area contributed by atoms with Gasteiger partial charge in [0.15, 0.2) is 0 Å². The SMILES string of the molecule is Cc1cc([C@@H]2COCCN2)cc(C)c1OCc1ccccc1.Cl. The van der Waals surface area contributed by atoms with E-state index in [9.17, 15) is 0 Å². The molecule has 2 aromatic rings. The third kappa shape index (κ3) is 4.47. The first-order valence-electron chi connectivity index (χ1n) is 7.83. The van der Waals surface area contributed by atoms with Crippen molar-refractivity contribution in [2.24, 2.45) is 0 Å². The van der Waals surface area contributed by atoms with Crippen molar-refractivity contribution in [3.05, 3.63) is 64.7 Å². The average Bonchev–Trinajstić information content (AvgIpc) is 2.56. The minimum atomic E-state index is 0. The van der Waals surface area contributed by atoms with E-state index in [0.29, 0.717) is 6.61 Å². The smallest absolute Gasteiger partial charge is 0.125 e. The summed E-state index contributed by atoms with van der Waals surface area (Å²) in [4.78, 5) is 0. The molecule has 3 nitrogen and oxygen atoms in total. The molecule has 0 aliphatic carbocycles. The fourth-order valence-corrected chi connectivity index (χ4v) is 2.92. The zero-order valence-electron chi connectivity index (χ0n) is 13.7. The Morgan fingerprint density at radius 3 is 2.43 bits per heavy atom. The highest BCUT2D eigenvalue weighted by atomic mass is 35.5. The molecule has 1 heterocycles. The average molecular weight is 334 g/mol. The van der Waals surface area contributed by atoms with Gasteiger partial charge in [-0.1, -0.05) is 42.5 Å². The molecule has 2 aromatic carbocycles. The van der Waals surface area contributed by atoms with E-state index in [1.54, 1.807) is 0 Å². The van der Waals surface area contributed by atoms with Crippen LogP contribution in [0.3, 0.4) is 0 Å². The summed E-state index contributed by atoms with van der Waals surface area (Å²) in [5.41, 5.74) is 4.83. The van der Waals surface area contributed by atoms with Crippen LogP contribution in [0.2, 0.25) is 0 Å². The van der Waals surface area contributed by atoms with Crippen LogP contribution in [0, 0.1) is 13.8 Å². The van der Waals surface area contributed by atoms with Crippen molar-refractivity contribution >= 4 is 12.4 Å². The Morgan fingerprint density at radius 2 is 1.83 bits per heavy atom. The lowest BCUT2D eigenvalue weighted by atomic mass is 10.00. The Morgan fingerprint density at radius 1 is 1.13 bits per heavy atom. The summed E-state index contributed by atoms with van der Waals surface area (Å²) in [6.45, 7) is 7.28. The molecule has 4 heteroatoms. The maximum atomic E-state index is 6.04. The lowest BCUT2D eigenvalue weighted by Gasteiger charge is -2.25. The van der Waals surface area contributed by atoms with E-state index in [-0.39, 0.29) is 18.4 Å². The number of hydrogen-bond acceptors (Lipinski definition) is 3. The minimum absolute atomic E-state index is 0. The van der Waals surface area contributed by atoms with E-state index in [2.05, 4.69) is 43.4 Å². The summed E-state index contributed by atoms with van der Waals surface area (Å²) < 4.78 is 11.6. The topological polar surface area (TPSA) is 30.5 Å². The molecule has 0 spiro atoms. The Kier molecular flexibility index (Phi) is 6.46. The number of ether oxygens (including phenoxy) is 2. The van der Waals surface area contributed by atoms with Crippen molar-refractivity contribution in [1.29, 1.82) is 0 Å². The van der Waals surface area contributed by atoms with E-state index in [0.717, 1.165) is 25.5 Å². The second-order valence-corrected chi connectivity index (χ2v) is 5.84. The Balaban J connectivity index is 0.00000192. The molecule has 1 saturated heterocycles. The Hall–Kier alpha value is -1.55. The zero-order valence-corrected chi connectivity index (χ0v) is 14.5. The summed E-state index contributed by atoms with van der Waals surface area (Å²) in [6, 6.07) is 15.0. The highest BCUT2D eigenvalue weighted by Crippen LogP contribution is 2.29. The van der Waals surface area contributed by atoms with Gasteiger partial charge in [-0.3, -0.25) is 0 Å². The molecule has 1 atom stereocenters. The highest BCUT2D eigenvalue weighted by molar-refractivity contribution is 5.85. The highest BCUT2D eigenvalue weighted by Gasteiger charge is 2.17. The number of aryl methyl sites for hydroxylation is 2. The predicted octanol–water partition coefficient (Wildman–Crippen LogP) is 3.97. The molecule has 0 radical (unpaired) electrons. The molecule has 0 saturated carbocycles. The Bertz CT molecular complexity index is 602. The summed E-state index contributed by atoms with van der Waals surface area (Å²) in [5.74, 6) is 0.990. The molecule has 0 aromatic heterocycles. The van der Waals surface area contributed by atoms with E-state index in [1.807, 2.05) is 18.2 Å². The van der Waals surface area contributed by atoms with E-state index in [1.165, 1.54) is 22.3 Å². The van der Waals surface area contributed by atoms with Crippen LogP contribution < -0.4 is 10.1 Å². The number of rotatable bonds is 4. The first kappa shape index (κ1) is 17.8. The maximum Gasteiger partial charge on any atom is 0.125 e. The van der Waals surface area contributed by atoms with Crippen LogP contribution in [0.5, 0.6) is 5.75 Å². The molecule has 3 rings (SSSR count). The number of benzene rings is 2. The molecular formula is C19H24ClNO2. The van der Waals surface area contributed by atoms with Crippen molar-refractivity contribution in [2.45, 2.75) is 26.5 Å². The standard InChI is InChI=1S/C19H23NO2.ClH/c1-14-10-17(18-13-21-9-8-20-18)11-15(2)19(14)22-12-16-6-4-3-5-7-16;/h3-7,10-11,18,20H,8-9,12-13H2,1-2H3;1H/t18-;/m0./s1. The van der Waals surface area contributed by atoms with Crippen LogP contribution in [-0.4, -0.2) is 19.8 Å². The molecule has 0 amide bonds. The van der Waals surface area contributed by atoms with Gasteiger partial charge >= 0.3 is 0 Å². The van der Waals surface area contributed by atoms with Gasteiger partial charge in [-0.05, 0) is 36.1 Å². The molecule has 1 aliphatic heterocycles. The normalized spacial score (nSPS) is 17.4. The van der Waals surface area contributed by atoms with Gasteiger partial charge in [-0.15, -0.1) is 12.4 Å². The zero-order chi connectivity index (χ0) is 15.4. The van der Waals surface area contributed by atoms with Crippen LogP contribution in [0.4, 0.5) is 0 Å². The van der Waals surface area contributed by atoms with Crippen molar-refractivity contribution in [2.75, 3.05) is 19.8 Å². The molecule has 1 N–H and O–H groups in total. The summed E-state index contributed by atoms with van der Waals surface area (Å²) in [5, 5.41) is 3.50. The number of halogens is 1. The first-order valence-corrected chi connectivity index (χ1v) is 7.83. The van der Waals surface area contributed by atoms with Crippen LogP contribution in [0.1, 0.15) is 28.3 Å². The monoisotopic (exact) mass is 333 g/mol. The van der Waals surface area contributed by atoms with Gasteiger partial charge in [-0.25, -0.2) is 0 Å². The largest absolute Gasteiger partial charge is 0.488 e. The fraction of sp³-hybridized carbons (Fsp3) is 0.368. The molecular weight excluding hydrogens is 310 g/mol. The van der Waals surface area contributed by atoms with Crippen molar-refractivity contribution in [3.63, 3.8) is 0 Å². The second-order valence-electron chi connectivity index (χ2n) is 5.84. The molecule has 0 bridgehead atoms. The lowest BCUT2D eigenvalue weighted by molar-refractivity contribution is 0.0768. The third-order valence-electron chi connectivity index (χ3n) is 4.03. The van der Waals surface area contributed by atoms with Gasteiger partial charge < -0.3 is 14.8 Å². The van der Waals surface area contributed by atoms with Gasteiger partial charge in [0, 0.05) is 6.54 Å². The molecule has 23 heavy (non-hydrogen) atoms. The summed E-state index contributed by atoms with van der Waals surface area (Å²) in [6.07, 6.45) is 0. The van der Waals surface area contributed by atoms with Crippen molar-refractivity contribution in [3.8, 4) is 5.75 Å². The quantitative estimate of drug-likeness (QED) is 0.918. The maximum absolute atomic E-state index is 6.04. The molecule has 1 fully saturated rings. The van der Waals surface area contributed by atoms with Gasteiger partial charge in [0.1, 0.15) is 12.4 Å². The van der Waals surface area contributed by atoms with E-state index >= 15 is 0 Å². The van der Waals surface area contributed by atoms with Crippen LogP contribution in [0.25, 0.3) is 0 Å². The van der Waals surface area contributed by atoms with E-state index < -0.39 is 0 Å². The Labute approximate surface area is 144 Å². The molecule has 124 valence electrons. The molecule has 0 unspecified atom stereocenters. The predicted molar refractivity (Wildman–Crippen MR) is 95.5 cm³/mol. The molecule has 1 aliphatic rings. The van der Waals surface area contributed by atoms with Gasteiger partial charge in [0.25, 0.3) is 0 Å². The number of hydrogen-bond donors (Lipinski definition) is 1. The lowest BCUT2D eigenvalue weighted by Crippen LogP contribution is -2.34. The van der Waals surface area contributed by atoms with Gasteiger partial charge in [-0.2, -0.15) is 0 Å².